The Morgan fingerprint density at radius 3 is 2.70 bits per heavy atom. The molecule has 3 rings (SSSR count). The molecule has 2 heterocycles. The Balaban J connectivity index is 2.20. The van der Waals surface area contributed by atoms with E-state index in [0.29, 0.717) is 22.2 Å². The van der Waals surface area contributed by atoms with Gasteiger partial charge in [0.25, 0.3) is 0 Å². The van der Waals surface area contributed by atoms with E-state index in [1.54, 1.807) is 47.1 Å². The Hall–Kier alpha value is -2.67. The van der Waals surface area contributed by atoms with E-state index < -0.39 is 15.8 Å². The summed E-state index contributed by atoms with van der Waals surface area (Å²) in [5.74, 6) is -0.943. The third-order valence-electron chi connectivity index (χ3n) is 3.54. The van der Waals surface area contributed by atoms with Crippen molar-refractivity contribution in [2.75, 3.05) is 6.26 Å². The molecule has 7 heteroatoms. The Morgan fingerprint density at radius 2 is 2.00 bits per heavy atom. The minimum Gasteiger partial charge on any atom is -0.481 e. The second kappa shape index (κ2) is 5.51. The van der Waals surface area contributed by atoms with Crippen molar-refractivity contribution in [3.8, 4) is 11.1 Å². The van der Waals surface area contributed by atoms with Crippen molar-refractivity contribution in [2.45, 2.75) is 11.3 Å². The quantitative estimate of drug-likeness (QED) is 0.791. The fraction of sp³-hybridized carbons (Fsp3) is 0.125. The molecule has 23 heavy (non-hydrogen) atoms. The highest BCUT2D eigenvalue weighted by Gasteiger charge is 2.15. The first-order valence-corrected chi connectivity index (χ1v) is 8.73. The number of nitrogens with zero attached hydrogens (tertiary/aromatic N) is 2. The minimum atomic E-state index is -3.37. The maximum absolute atomic E-state index is 12.0. The number of pyridine rings is 1. The first-order valence-electron chi connectivity index (χ1n) is 6.84. The van der Waals surface area contributed by atoms with Gasteiger partial charge in [0.15, 0.2) is 9.84 Å². The van der Waals surface area contributed by atoms with E-state index >= 15 is 0 Å². The lowest BCUT2D eigenvalue weighted by atomic mass is 10.1. The highest BCUT2D eigenvalue weighted by atomic mass is 32.2. The number of carboxylic acid groups (broad SMARTS) is 1. The summed E-state index contributed by atoms with van der Waals surface area (Å²) in [5, 5.41) is 13.1. The fourth-order valence-corrected chi connectivity index (χ4v) is 3.44. The molecule has 0 spiro atoms. The normalized spacial score (nSPS) is 11.7. The monoisotopic (exact) mass is 330 g/mol. The predicted molar refractivity (Wildman–Crippen MR) is 85.1 cm³/mol. The topological polar surface area (TPSA) is 88.7 Å². The number of rotatable bonds is 4. The molecule has 0 bridgehead atoms. The van der Waals surface area contributed by atoms with Gasteiger partial charge in [-0.05, 0) is 23.8 Å². The van der Waals surface area contributed by atoms with Crippen molar-refractivity contribution in [2.24, 2.45) is 0 Å². The molecule has 1 aromatic carbocycles. The molecule has 0 unspecified atom stereocenters. The van der Waals surface area contributed by atoms with E-state index in [-0.39, 0.29) is 11.3 Å². The summed E-state index contributed by atoms with van der Waals surface area (Å²) in [7, 11) is -3.37. The molecule has 0 atom stereocenters. The van der Waals surface area contributed by atoms with Gasteiger partial charge in [0.05, 0.1) is 23.0 Å². The zero-order valence-corrected chi connectivity index (χ0v) is 13.1. The number of benzene rings is 1. The third-order valence-corrected chi connectivity index (χ3v) is 4.70. The average Bonchev–Trinajstić information content (AvgIpc) is 2.88. The van der Waals surface area contributed by atoms with E-state index in [0.717, 1.165) is 0 Å². The molecule has 1 N–H and O–H groups in total. The van der Waals surface area contributed by atoms with Gasteiger partial charge in [-0.25, -0.2) is 12.9 Å². The van der Waals surface area contributed by atoms with Gasteiger partial charge in [0, 0.05) is 23.6 Å². The maximum atomic E-state index is 12.0. The lowest BCUT2D eigenvalue weighted by molar-refractivity contribution is -0.136. The molecule has 0 aliphatic heterocycles. The van der Waals surface area contributed by atoms with Crippen LogP contribution in [0.4, 0.5) is 0 Å². The molecule has 0 saturated carbocycles. The average molecular weight is 330 g/mol. The summed E-state index contributed by atoms with van der Waals surface area (Å²) in [6.07, 6.45) is 4.23. The molecule has 0 aliphatic rings. The van der Waals surface area contributed by atoms with Crippen LogP contribution in [0.15, 0.2) is 53.7 Å². The summed E-state index contributed by atoms with van der Waals surface area (Å²) in [4.78, 5) is 11.2. The van der Waals surface area contributed by atoms with E-state index in [4.69, 9.17) is 5.11 Å². The van der Waals surface area contributed by atoms with E-state index in [1.165, 1.54) is 12.5 Å². The Kier molecular flexibility index (Phi) is 3.65. The molecule has 0 amide bonds. The van der Waals surface area contributed by atoms with Crippen LogP contribution in [0, 0.1) is 0 Å². The minimum absolute atomic E-state index is 0.138. The molecular weight excluding hydrogens is 316 g/mol. The van der Waals surface area contributed by atoms with Crippen molar-refractivity contribution in [1.82, 2.24) is 9.61 Å². The van der Waals surface area contributed by atoms with Crippen LogP contribution < -0.4 is 0 Å². The zero-order valence-electron chi connectivity index (χ0n) is 12.3. The maximum Gasteiger partial charge on any atom is 0.307 e. The number of fused-ring (bicyclic) bond motifs is 1. The summed E-state index contributed by atoms with van der Waals surface area (Å²) < 4.78 is 25.5. The van der Waals surface area contributed by atoms with Crippen LogP contribution in [0.1, 0.15) is 5.56 Å². The molecular formula is C16H14N2O4S. The fourth-order valence-electron chi connectivity index (χ4n) is 2.53. The van der Waals surface area contributed by atoms with Gasteiger partial charge in [-0.15, -0.1) is 0 Å². The lowest BCUT2D eigenvalue weighted by Crippen LogP contribution is -2.01. The lowest BCUT2D eigenvalue weighted by Gasteiger charge is -2.08. The first kappa shape index (κ1) is 15.2. The van der Waals surface area contributed by atoms with Crippen LogP contribution in [-0.2, 0) is 21.1 Å². The molecule has 3 aromatic rings. The van der Waals surface area contributed by atoms with Gasteiger partial charge >= 0.3 is 5.97 Å². The Labute approximate surface area is 132 Å². The molecule has 118 valence electrons. The van der Waals surface area contributed by atoms with Crippen LogP contribution >= 0.6 is 0 Å². The molecule has 6 nitrogen and oxygen atoms in total. The number of carbonyl (C=O) groups is 1. The van der Waals surface area contributed by atoms with Crippen LogP contribution in [0.3, 0.4) is 0 Å². The van der Waals surface area contributed by atoms with Gasteiger partial charge in [0.1, 0.15) is 0 Å². The van der Waals surface area contributed by atoms with Crippen molar-refractivity contribution >= 4 is 21.3 Å². The summed E-state index contributed by atoms with van der Waals surface area (Å²) in [6.45, 7) is 0. The van der Waals surface area contributed by atoms with Crippen molar-refractivity contribution < 1.29 is 18.3 Å². The highest BCUT2D eigenvalue weighted by molar-refractivity contribution is 7.90. The van der Waals surface area contributed by atoms with Crippen LogP contribution in [0.2, 0.25) is 0 Å². The summed E-state index contributed by atoms with van der Waals surface area (Å²) in [6, 6.07) is 10.2. The number of aromatic nitrogens is 2. The number of carboxylic acids is 1. The highest BCUT2D eigenvalue weighted by Crippen LogP contribution is 2.28. The molecule has 0 radical (unpaired) electrons. The SMILES string of the molecule is CS(=O)(=O)c1ccccc1-c1ccn2ncc(CC(=O)O)c2c1. The zero-order chi connectivity index (χ0) is 16.6. The molecule has 0 aliphatic carbocycles. The third kappa shape index (κ3) is 2.95. The standard InChI is InChI=1S/C16H14N2O4S/c1-23(21,22)15-5-3-2-4-13(15)11-6-7-18-14(8-11)12(10-17-18)9-16(19)20/h2-8,10H,9H2,1H3,(H,19,20). The predicted octanol–water partition coefficient (Wildman–Crippen LogP) is 2.03. The van der Waals surface area contributed by atoms with Crippen LogP contribution in [0.25, 0.3) is 16.6 Å². The molecule has 0 fully saturated rings. The van der Waals surface area contributed by atoms with E-state index in [2.05, 4.69) is 5.10 Å². The van der Waals surface area contributed by atoms with E-state index in [9.17, 15) is 13.2 Å². The largest absolute Gasteiger partial charge is 0.481 e. The van der Waals surface area contributed by atoms with E-state index in [1.807, 2.05) is 0 Å². The summed E-state index contributed by atoms with van der Waals surface area (Å²) >= 11 is 0. The first-order chi connectivity index (χ1) is 10.9. The summed E-state index contributed by atoms with van der Waals surface area (Å²) in [5.41, 5.74) is 2.51. The van der Waals surface area contributed by atoms with Crippen molar-refractivity contribution in [1.29, 1.82) is 0 Å². The van der Waals surface area contributed by atoms with Crippen molar-refractivity contribution in [3.63, 3.8) is 0 Å². The van der Waals surface area contributed by atoms with Crippen LogP contribution in [-0.4, -0.2) is 35.4 Å². The van der Waals surface area contributed by atoms with Crippen molar-refractivity contribution in [3.05, 3.63) is 54.4 Å². The second-order valence-electron chi connectivity index (χ2n) is 5.25. The van der Waals surface area contributed by atoms with Gasteiger partial charge in [-0.2, -0.15) is 5.10 Å². The van der Waals surface area contributed by atoms with Gasteiger partial charge < -0.3 is 5.11 Å². The van der Waals surface area contributed by atoms with Gasteiger partial charge in [0.2, 0.25) is 0 Å². The number of sulfone groups is 1. The van der Waals surface area contributed by atoms with Gasteiger partial charge in [-0.3, -0.25) is 4.79 Å². The number of aliphatic carboxylic acids is 1. The Morgan fingerprint density at radius 1 is 1.26 bits per heavy atom. The number of hydrogen-bond acceptors (Lipinski definition) is 4. The molecule has 0 saturated heterocycles. The Bertz CT molecular complexity index is 1010. The second-order valence-corrected chi connectivity index (χ2v) is 7.24. The van der Waals surface area contributed by atoms with Crippen LogP contribution in [0.5, 0.6) is 0 Å². The van der Waals surface area contributed by atoms with Gasteiger partial charge in [-0.1, -0.05) is 18.2 Å². The number of hydrogen-bond donors (Lipinski definition) is 1. The smallest absolute Gasteiger partial charge is 0.307 e. The molecule has 2 aromatic heterocycles.